The Morgan fingerprint density at radius 2 is 1.97 bits per heavy atom. The van der Waals surface area contributed by atoms with E-state index >= 15 is 0 Å². The van der Waals surface area contributed by atoms with Crippen molar-refractivity contribution in [2.24, 2.45) is 11.7 Å². The number of carbonyl (C=O) groups is 2. The number of hydrogen-bond donors (Lipinski definition) is 2. The lowest BCUT2D eigenvalue weighted by Crippen LogP contribution is -2.28. The van der Waals surface area contributed by atoms with Crippen LogP contribution in [0.15, 0.2) is 77.3 Å². The summed E-state index contributed by atoms with van der Waals surface area (Å²) >= 11 is 0. The van der Waals surface area contributed by atoms with E-state index in [2.05, 4.69) is 18.8 Å². The Bertz CT molecular complexity index is 1050. The number of carbonyl (C=O) groups excluding carboxylic acids is 2. The minimum absolute atomic E-state index is 0.332. The molecule has 0 aromatic heterocycles. The first-order valence-electron chi connectivity index (χ1n) is 10.1. The fraction of sp³-hybridized carbons (Fsp3) is 0.250. The second-order valence-electron chi connectivity index (χ2n) is 7.59. The second-order valence-corrected chi connectivity index (χ2v) is 7.59. The van der Waals surface area contributed by atoms with Crippen LogP contribution >= 0.6 is 0 Å². The maximum atomic E-state index is 12.5. The number of nitrogens with two attached hydrogens (primary N) is 1. The van der Waals surface area contributed by atoms with Crippen molar-refractivity contribution in [3.63, 3.8) is 0 Å². The van der Waals surface area contributed by atoms with E-state index in [-0.39, 0.29) is 5.97 Å². The highest BCUT2D eigenvalue weighted by Gasteiger charge is 2.37. The van der Waals surface area contributed by atoms with Crippen molar-refractivity contribution in [3.8, 4) is 0 Å². The van der Waals surface area contributed by atoms with Gasteiger partial charge in [0.1, 0.15) is 0 Å². The molecule has 3 aliphatic rings. The van der Waals surface area contributed by atoms with Crippen LogP contribution in [0.2, 0.25) is 0 Å². The van der Waals surface area contributed by atoms with Crippen LogP contribution in [0.1, 0.15) is 32.3 Å². The van der Waals surface area contributed by atoms with Crippen LogP contribution in [0.3, 0.4) is 0 Å². The first kappa shape index (κ1) is 19.8. The minimum Gasteiger partial charge on any atom is -0.462 e. The number of primary amides is 1. The monoisotopic (exact) mass is 403 g/mol. The molecule has 2 heterocycles. The molecule has 1 fully saturated rings. The van der Waals surface area contributed by atoms with Gasteiger partial charge < -0.3 is 20.7 Å². The van der Waals surface area contributed by atoms with Gasteiger partial charge in [0.15, 0.2) is 0 Å². The minimum atomic E-state index is -0.588. The number of ether oxygens (including phenoxy) is 1. The van der Waals surface area contributed by atoms with E-state index in [1.165, 1.54) is 0 Å². The van der Waals surface area contributed by atoms with Gasteiger partial charge in [0.05, 0.1) is 23.6 Å². The summed E-state index contributed by atoms with van der Waals surface area (Å²) in [7, 11) is 0. The van der Waals surface area contributed by atoms with Gasteiger partial charge in [-0.05, 0) is 79.2 Å². The topological polar surface area (TPSA) is 84.7 Å². The summed E-state index contributed by atoms with van der Waals surface area (Å²) in [5.41, 5.74) is 12.5. The number of esters is 1. The van der Waals surface area contributed by atoms with Crippen LogP contribution in [0.5, 0.6) is 0 Å². The highest BCUT2D eigenvalue weighted by molar-refractivity contribution is 5.95. The summed E-state index contributed by atoms with van der Waals surface area (Å²) in [6.45, 7) is 8.39. The third kappa shape index (κ3) is 3.56. The third-order valence-electron chi connectivity index (χ3n) is 5.54. The van der Waals surface area contributed by atoms with Crippen molar-refractivity contribution in [2.75, 3.05) is 11.9 Å². The van der Waals surface area contributed by atoms with Gasteiger partial charge in [-0.2, -0.15) is 0 Å². The molecule has 1 aliphatic carbocycles. The maximum absolute atomic E-state index is 12.5. The Morgan fingerprint density at radius 1 is 1.27 bits per heavy atom. The Morgan fingerprint density at radius 3 is 2.57 bits per heavy atom. The van der Waals surface area contributed by atoms with Crippen molar-refractivity contribution in [1.29, 1.82) is 0 Å². The molecule has 0 saturated heterocycles. The number of fused-ring (bicyclic) bond motifs is 1. The highest BCUT2D eigenvalue weighted by atomic mass is 16.5. The Hall–Kier alpha value is -3.54. The lowest BCUT2D eigenvalue weighted by atomic mass is 9.88. The molecule has 1 aromatic carbocycles. The summed E-state index contributed by atoms with van der Waals surface area (Å²) < 4.78 is 5.24. The zero-order valence-electron chi connectivity index (χ0n) is 17.2. The summed E-state index contributed by atoms with van der Waals surface area (Å²) in [4.78, 5) is 25.5. The van der Waals surface area contributed by atoms with E-state index < -0.39 is 6.03 Å². The van der Waals surface area contributed by atoms with Gasteiger partial charge in [-0.3, -0.25) is 0 Å². The average molecular weight is 403 g/mol. The number of anilines is 1. The number of urea groups is 1. The van der Waals surface area contributed by atoms with Crippen LogP contribution in [-0.4, -0.2) is 23.5 Å². The molecular formula is C24H25N3O3. The van der Waals surface area contributed by atoms with E-state index in [9.17, 15) is 9.59 Å². The van der Waals surface area contributed by atoms with Crippen molar-refractivity contribution in [2.45, 2.75) is 26.7 Å². The quantitative estimate of drug-likeness (QED) is 0.711. The van der Waals surface area contributed by atoms with Crippen LogP contribution in [0.4, 0.5) is 10.5 Å². The molecule has 0 bridgehead atoms. The molecule has 154 valence electrons. The Kier molecular flexibility index (Phi) is 5.08. The normalized spacial score (nSPS) is 18.3. The SMILES string of the molecule is C=C1C(C(=O)OCC)=CC(C2CC2)=C2C(C)=C(c3ccc(NC(N)=O)cc3)C=CN12. The van der Waals surface area contributed by atoms with Crippen molar-refractivity contribution in [1.82, 2.24) is 4.90 Å². The van der Waals surface area contributed by atoms with Gasteiger partial charge in [0.25, 0.3) is 0 Å². The van der Waals surface area contributed by atoms with Gasteiger partial charge in [0, 0.05) is 11.9 Å². The number of rotatable bonds is 5. The lowest BCUT2D eigenvalue weighted by Gasteiger charge is -2.36. The van der Waals surface area contributed by atoms with Crippen LogP contribution in [-0.2, 0) is 9.53 Å². The summed E-state index contributed by atoms with van der Waals surface area (Å²) in [6, 6.07) is 6.98. The molecule has 2 amide bonds. The van der Waals surface area contributed by atoms with Gasteiger partial charge in [-0.1, -0.05) is 18.7 Å². The second kappa shape index (κ2) is 7.71. The predicted octanol–water partition coefficient (Wildman–Crippen LogP) is 4.46. The van der Waals surface area contributed by atoms with Gasteiger partial charge in [-0.15, -0.1) is 0 Å². The predicted molar refractivity (Wildman–Crippen MR) is 117 cm³/mol. The van der Waals surface area contributed by atoms with Gasteiger partial charge in [-0.25, -0.2) is 9.59 Å². The number of nitrogens with one attached hydrogen (secondary N) is 1. The molecule has 2 aliphatic heterocycles. The molecule has 1 saturated carbocycles. The zero-order chi connectivity index (χ0) is 21.4. The molecule has 30 heavy (non-hydrogen) atoms. The molecule has 6 nitrogen and oxygen atoms in total. The number of amides is 2. The standard InChI is InChI=1S/C24H25N3O3/c1-4-30-23(28)20-13-21(17-5-6-17)22-14(2)19(11-12-27(22)15(20)3)16-7-9-18(10-8-16)26-24(25)29/h7-13,17H,3-6H2,1-2H3,(H3,25,26,29). The Labute approximate surface area is 176 Å². The molecule has 6 heteroatoms. The summed E-state index contributed by atoms with van der Waals surface area (Å²) in [5, 5.41) is 2.58. The van der Waals surface area contributed by atoms with Crippen molar-refractivity contribution in [3.05, 3.63) is 82.9 Å². The van der Waals surface area contributed by atoms with Crippen LogP contribution < -0.4 is 11.1 Å². The fourth-order valence-electron chi connectivity index (χ4n) is 3.95. The van der Waals surface area contributed by atoms with Crippen molar-refractivity contribution < 1.29 is 14.3 Å². The van der Waals surface area contributed by atoms with Gasteiger partial charge in [0.2, 0.25) is 0 Å². The lowest BCUT2D eigenvalue weighted by molar-refractivity contribution is -0.138. The van der Waals surface area contributed by atoms with Crippen molar-refractivity contribution >= 4 is 23.3 Å². The third-order valence-corrected chi connectivity index (χ3v) is 5.54. The summed E-state index contributed by atoms with van der Waals surface area (Å²) in [5.74, 6) is 0.114. The molecule has 0 atom stereocenters. The first-order valence-corrected chi connectivity index (χ1v) is 10.1. The molecule has 4 rings (SSSR count). The molecule has 0 unspecified atom stereocenters. The van der Waals surface area contributed by atoms with Crippen LogP contribution in [0.25, 0.3) is 5.57 Å². The molecular weight excluding hydrogens is 378 g/mol. The van der Waals surface area contributed by atoms with E-state index in [1.54, 1.807) is 6.92 Å². The Balaban J connectivity index is 1.77. The van der Waals surface area contributed by atoms with E-state index in [0.717, 1.165) is 40.8 Å². The number of benzene rings is 1. The summed E-state index contributed by atoms with van der Waals surface area (Å²) in [6.07, 6.45) is 8.18. The van der Waals surface area contributed by atoms with E-state index in [4.69, 9.17) is 10.5 Å². The highest BCUT2D eigenvalue weighted by Crippen LogP contribution is 2.47. The maximum Gasteiger partial charge on any atom is 0.340 e. The number of hydrogen-bond acceptors (Lipinski definition) is 4. The number of allylic oxidation sites excluding steroid dienone is 5. The first-order chi connectivity index (χ1) is 14.4. The van der Waals surface area contributed by atoms with E-state index in [0.29, 0.717) is 29.5 Å². The smallest absolute Gasteiger partial charge is 0.340 e. The van der Waals surface area contributed by atoms with Gasteiger partial charge >= 0.3 is 12.0 Å². The zero-order valence-corrected chi connectivity index (χ0v) is 17.2. The van der Waals surface area contributed by atoms with Crippen LogP contribution in [0, 0.1) is 5.92 Å². The fourth-order valence-corrected chi connectivity index (χ4v) is 3.95. The average Bonchev–Trinajstić information content (AvgIpc) is 3.54. The molecule has 1 aromatic rings. The molecule has 0 spiro atoms. The number of nitrogens with zero attached hydrogens (tertiary/aromatic N) is 1. The molecule has 3 N–H and O–H groups in total. The largest absolute Gasteiger partial charge is 0.462 e. The molecule has 0 radical (unpaired) electrons. The van der Waals surface area contributed by atoms with E-state index in [1.807, 2.05) is 47.5 Å².